The molecule has 2 unspecified atom stereocenters. The standard InChI is InChI=1S/C23H33NO5/c1-6-11-24-12-7-8-17-13-18-16(14-19(17)24)9-10-20(27-15(2)25)21(18)28-22(26)29-23(3,4)5/h9-10,17,19H,6-8,11-14H2,1-5H3. The Bertz CT molecular complexity index is 765. The second-order valence-electron chi connectivity index (χ2n) is 9.10. The van der Waals surface area contributed by atoms with E-state index in [4.69, 9.17) is 14.2 Å². The summed E-state index contributed by atoms with van der Waals surface area (Å²) in [6, 6.07) is 4.25. The molecule has 1 heterocycles. The minimum absolute atomic E-state index is 0.279. The SMILES string of the molecule is CCCN1CCCC2Cc3c(ccc(OC(C)=O)c3OC(=O)OC(C)(C)C)CC21. The number of hydrogen-bond donors (Lipinski definition) is 0. The number of esters is 1. The van der Waals surface area contributed by atoms with E-state index < -0.39 is 17.7 Å². The molecule has 2 aliphatic rings. The topological polar surface area (TPSA) is 65.1 Å². The van der Waals surface area contributed by atoms with Crippen LogP contribution in [0.25, 0.3) is 0 Å². The van der Waals surface area contributed by atoms with Gasteiger partial charge < -0.3 is 14.2 Å². The van der Waals surface area contributed by atoms with E-state index in [-0.39, 0.29) is 5.75 Å². The molecule has 29 heavy (non-hydrogen) atoms. The van der Waals surface area contributed by atoms with Crippen molar-refractivity contribution in [2.45, 2.75) is 78.4 Å². The van der Waals surface area contributed by atoms with E-state index in [2.05, 4.69) is 11.8 Å². The number of rotatable bonds is 4. The summed E-state index contributed by atoms with van der Waals surface area (Å²) in [5.41, 5.74) is 1.46. The number of carbonyl (C=O) groups is 2. The normalized spacial score (nSPS) is 21.7. The lowest BCUT2D eigenvalue weighted by Gasteiger charge is -2.45. The number of carbonyl (C=O) groups excluding carboxylic acids is 2. The second kappa shape index (κ2) is 8.74. The van der Waals surface area contributed by atoms with Crippen LogP contribution in [0.3, 0.4) is 0 Å². The second-order valence-corrected chi connectivity index (χ2v) is 9.10. The van der Waals surface area contributed by atoms with Crippen LogP contribution in [0.5, 0.6) is 11.5 Å². The van der Waals surface area contributed by atoms with E-state index in [1.807, 2.05) is 6.07 Å². The Labute approximate surface area is 173 Å². The van der Waals surface area contributed by atoms with Gasteiger partial charge in [0.25, 0.3) is 0 Å². The van der Waals surface area contributed by atoms with Gasteiger partial charge in [0.2, 0.25) is 0 Å². The van der Waals surface area contributed by atoms with E-state index in [1.54, 1.807) is 26.8 Å². The molecule has 0 bridgehead atoms. The number of piperidine rings is 1. The Morgan fingerprint density at radius 2 is 1.93 bits per heavy atom. The average molecular weight is 404 g/mol. The molecule has 1 fully saturated rings. The summed E-state index contributed by atoms with van der Waals surface area (Å²) in [6.07, 6.45) is 4.45. The summed E-state index contributed by atoms with van der Waals surface area (Å²) in [5, 5.41) is 0. The highest BCUT2D eigenvalue weighted by molar-refractivity contribution is 5.73. The van der Waals surface area contributed by atoms with Gasteiger partial charge in [-0.1, -0.05) is 13.0 Å². The van der Waals surface area contributed by atoms with Gasteiger partial charge in [0, 0.05) is 18.5 Å². The minimum atomic E-state index is -0.780. The van der Waals surface area contributed by atoms with Crippen molar-refractivity contribution in [1.82, 2.24) is 4.90 Å². The molecule has 1 aromatic carbocycles. The molecule has 6 heteroatoms. The summed E-state index contributed by atoms with van der Waals surface area (Å²) in [6.45, 7) is 11.2. The maximum Gasteiger partial charge on any atom is 0.514 e. The van der Waals surface area contributed by atoms with Gasteiger partial charge >= 0.3 is 12.1 Å². The van der Waals surface area contributed by atoms with Crippen LogP contribution in [0.4, 0.5) is 4.79 Å². The number of benzene rings is 1. The van der Waals surface area contributed by atoms with Crippen molar-refractivity contribution in [3.8, 4) is 11.5 Å². The number of ether oxygens (including phenoxy) is 3. The van der Waals surface area contributed by atoms with Crippen LogP contribution in [0.1, 0.15) is 65.0 Å². The Morgan fingerprint density at radius 1 is 1.17 bits per heavy atom. The van der Waals surface area contributed by atoms with Gasteiger partial charge in [-0.2, -0.15) is 0 Å². The van der Waals surface area contributed by atoms with Gasteiger partial charge in [-0.25, -0.2) is 4.79 Å². The molecule has 3 rings (SSSR count). The van der Waals surface area contributed by atoms with Crippen molar-refractivity contribution in [2.24, 2.45) is 5.92 Å². The zero-order valence-electron chi connectivity index (χ0n) is 18.2. The van der Waals surface area contributed by atoms with Gasteiger partial charge in [-0.15, -0.1) is 0 Å². The molecule has 6 nitrogen and oxygen atoms in total. The maximum atomic E-state index is 12.4. The Kier molecular flexibility index (Phi) is 6.52. The summed E-state index contributed by atoms with van der Waals surface area (Å²) in [7, 11) is 0. The third-order valence-electron chi connectivity index (χ3n) is 5.59. The molecule has 2 atom stereocenters. The van der Waals surface area contributed by atoms with E-state index in [1.165, 1.54) is 13.3 Å². The third-order valence-corrected chi connectivity index (χ3v) is 5.59. The molecule has 160 valence electrons. The molecule has 0 saturated carbocycles. The zero-order chi connectivity index (χ0) is 21.2. The Morgan fingerprint density at radius 3 is 2.59 bits per heavy atom. The van der Waals surface area contributed by atoms with E-state index in [0.717, 1.165) is 49.9 Å². The third kappa shape index (κ3) is 5.30. The van der Waals surface area contributed by atoms with E-state index >= 15 is 0 Å². The van der Waals surface area contributed by atoms with E-state index in [0.29, 0.717) is 17.7 Å². The first-order valence-electron chi connectivity index (χ1n) is 10.7. The maximum absolute atomic E-state index is 12.4. The average Bonchev–Trinajstić information content (AvgIpc) is 2.61. The van der Waals surface area contributed by atoms with Crippen LogP contribution in [0.2, 0.25) is 0 Å². The molecular formula is C23H33NO5. The van der Waals surface area contributed by atoms with Crippen LogP contribution in [0, 0.1) is 5.92 Å². The molecule has 1 aliphatic heterocycles. The number of nitrogens with zero attached hydrogens (tertiary/aromatic N) is 1. The molecule has 0 radical (unpaired) electrons. The quantitative estimate of drug-likeness (QED) is 0.419. The molecule has 0 amide bonds. The zero-order valence-corrected chi connectivity index (χ0v) is 18.2. The van der Waals surface area contributed by atoms with Crippen molar-refractivity contribution < 1.29 is 23.8 Å². The lowest BCUT2D eigenvalue weighted by molar-refractivity contribution is -0.132. The van der Waals surface area contributed by atoms with Crippen LogP contribution < -0.4 is 9.47 Å². The summed E-state index contributed by atoms with van der Waals surface area (Å²) >= 11 is 0. The molecule has 1 saturated heterocycles. The molecular weight excluding hydrogens is 370 g/mol. The van der Waals surface area contributed by atoms with Crippen LogP contribution in [0.15, 0.2) is 12.1 Å². The monoisotopic (exact) mass is 403 g/mol. The highest BCUT2D eigenvalue weighted by Gasteiger charge is 2.37. The highest BCUT2D eigenvalue weighted by atomic mass is 16.7. The number of fused-ring (bicyclic) bond motifs is 2. The predicted molar refractivity (Wildman–Crippen MR) is 110 cm³/mol. The Hall–Kier alpha value is -2.08. The van der Waals surface area contributed by atoms with Crippen molar-refractivity contribution in [3.05, 3.63) is 23.3 Å². The first-order valence-corrected chi connectivity index (χ1v) is 10.7. The first-order chi connectivity index (χ1) is 13.7. The summed E-state index contributed by atoms with van der Waals surface area (Å²) in [5.74, 6) is 0.677. The Balaban J connectivity index is 1.93. The lowest BCUT2D eigenvalue weighted by Crippen LogP contribution is -2.49. The van der Waals surface area contributed by atoms with Crippen LogP contribution in [-0.2, 0) is 22.4 Å². The van der Waals surface area contributed by atoms with Gasteiger partial charge in [0.15, 0.2) is 11.5 Å². The fourth-order valence-electron chi connectivity index (χ4n) is 4.56. The number of likely N-dealkylation sites (tertiary alicyclic amines) is 1. The summed E-state index contributed by atoms with van der Waals surface area (Å²) in [4.78, 5) is 26.6. The molecule has 1 aromatic rings. The van der Waals surface area contributed by atoms with Crippen LogP contribution >= 0.6 is 0 Å². The summed E-state index contributed by atoms with van der Waals surface area (Å²) < 4.78 is 16.3. The fourth-order valence-corrected chi connectivity index (χ4v) is 4.56. The number of hydrogen-bond acceptors (Lipinski definition) is 6. The van der Waals surface area contributed by atoms with Gasteiger partial charge in [0.05, 0.1) is 0 Å². The van der Waals surface area contributed by atoms with Gasteiger partial charge in [-0.05, 0) is 83.5 Å². The van der Waals surface area contributed by atoms with Gasteiger partial charge in [0.1, 0.15) is 5.60 Å². The smallest absolute Gasteiger partial charge is 0.428 e. The van der Waals surface area contributed by atoms with E-state index in [9.17, 15) is 9.59 Å². The predicted octanol–water partition coefficient (Wildman–Crippen LogP) is 4.52. The van der Waals surface area contributed by atoms with Crippen molar-refractivity contribution in [2.75, 3.05) is 13.1 Å². The lowest BCUT2D eigenvalue weighted by atomic mass is 9.75. The van der Waals surface area contributed by atoms with Crippen molar-refractivity contribution in [3.63, 3.8) is 0 Å². The van der Waals surface area contributed by atoms with Gasteiger partial charge in [-0.3, -0.25) is 9.69 Å². The first kappa shape index (κ1) is 21.6. The van der Waals surface area contributed by atoms with Crippen LogP contribution in [-0.4, -0.2) is 41.8 Å². The molecule has 0 N–H and O–H groups in total. The minimum Gasteiger partial charge on any atom is -0.428 e. The highest BCUT2D eigenvalue weighted by Crippen LogP contribution is 2.43. The molecule has 0 aromatic heterocycles. The van der Waals surface area contributed by atoms with Crippen molar-refractivity contribution >= 4 is 12.1 Å². The molecule has 0 spiro atoms. The van der Waals surface area contributed by atoms with Crippen molar-refractivity contribution in [1.29, 1.82) is 0 Å². The largest absolute Gasteiger partial charge is 0.514 e. The molecule has 1 aliphatic carbocycles. The fraction of sp³-hybridized carbons (Fsp3) is 0.652.